The number of aliphatic hydroxyl groups is 1. The van der Waals surface area contributed by atoms with Crippen LogP contribution in [0.1, 0.15) is 19.0 Å². The first kappa shape index (κ1) is 18.6. The Morgan fingerprint density at radius 2 is 2.04 bits per heavy atom. The van der Waals surface area contributed by atoms with Gasteiger partial charge in [0, 0.05) is 18.6 Å². The molecule has 2 aromatic heterocycles. The summed E-state index contributed by atoms with van der Waals surface area (Å²) in [6, 6.07) is -0.402. The summed E-state index contributed by atoms with van der Waals surface area (Å²) in [6.07, 6.45) is -6.92. The van der Waals surface area contributed by atoms with Gasteiger partial charge in [-0.1, -0.05) is 6.92 Å². The van der Waals surface area contributed by atoms with Gasteiger partial charge in [0.05, 0.1) is 11.7 Å². The Bertz CT molecular complexity index is 848. The van der Waals surface area contributed by atoms with Crippen LogP contribution >= 0.6 is 0 Å². The zero-order chi connectivity index (χ0) is 18.3. The number of aromatic nitrogens is 3. The van der Waals surface area contributed by atoms with Gasteiger partial charge in [-0.05, 0) is 19.4 Å². The average Bonchev–Trinajstić information content (AvgIpc) is 2.77. The van der Waals surface area contributed by atoms with Crippen LogP contribution in [0.25, 0.3) is 11.0 Å². The number of nitrogens with one attached hydrogen (secondary N) is 1. The van der Waals surface area contributed by atoms with Crippen LogP contribution in [0.15, 0.2) is 17.2 Å². The number of sulfonamides is 1. The van der Waals surface area contributed by atoms with Crippen molar-refractivity contribution in [2.45, 2.75) is 43.5 Å². The first-order valence-corrected chi connectivity index (χ1v) is 8.52. The molecule has 0 fully saturated rings. The van der Waals surface area contributed by atoms with Gasteiger partial charge in [0.15, 0.2) is 11.8 Å². The molecule has 7 nitrogen and oxygen atoms in total. The maximum absolute atomic E-state index is 12.6. The van der Waals surface area contributed by atoms with Crippen LogP contribution in [0.4, 0.5) is 13.2 Å². The molecule has 0 bridgehead atoms. The first-order valence-electron chi connectivity index (χ1n) is 7.04. The molecule has 2 heterocycles. The second-order valence-electron chi connectivity index (χ2n) is 5.37. The molecular formula is C13H17F3N4O3S. The highest BCUT2D eigenvalue weighted by Gasteiger charge is 2.44. The molecule has 0 aliphatic rings. The average molecular weight is 366 g/mol. The molecule has 2 N–H and O–H groups in total. The third-order valence-corrected chi connectivity index (χ3v) is 5.07. The fourth-order valence-electron chi connectivity index (χ4n) is 2.30. The third-order valence-electron chi connectivity index (χ3n) is 3.61. The first-order chi connectivity index (χ1) is 11.0. The van der Waals surface area contributed by atoms with Crippen molar-refractivity contribution in [2.24, 2.45) is 7.05 Å². The lowest BCUT2D eigenvalue weighted by Gasteiger charge is -2.24. The van der Waals surface area contributed by atoms with Crippen molar-refractivity contribution >= 4 is 21.1 Å². The van der Waals surface area contributed by atoms with Crippen LogP contribution in [-0.2, 0) is 17.1 Å². The lowest BCUT2D eigenvalue weighted by molar-refractivity contribution is -0.210. The number of halogens is 3. The summed E-state index contributed by atoms with van der Waals surface area (Å²) in [7, 11) is -2.64. The lowest BCUT2D eigenvalue weighted by atomic mass is 10.1. The van der Waals surface area contributed by atoms with Gasteiger partial charge in [-0.25, -0.2) is 18.1 Å². The summed E-state index contributed by atoms with van der Waals surface area (Å²) in [5.41, 5.74) is 0.994. The van der Waals surface area contributed by atoms with E-state index in [-0.39, 0.29) is 11.3 Å². The Balaban J connectivity index is 2.38. The molecule has 24 heavy (non-hydrogen) atoms. The minimum absolute atomic E-state index is 0.235. The van der Waals surface area contributed by atoms with Gasteiger partial charge in [-0.15, -0.1) is 0 Å². The summed E-state index contributed by atoms with van der Waals surface area (Å²) in [5, 5.41) is 13.9. The third kappa shape index (κ3) is 3.52. The summed E-state index contributed by atoms with van der Waals surface area (Å²) < 4.78 is 65.9. The fourth-order valence-corrected chi connectivity index (χ4v) is 3.60. The van der Waals surface area contributed by atoms with Crippen molar-refractivity contribution in [2.75, 3.05) is 0 Å². The number of alkyl halides is 3. The van der Waals surface area contributed by atoms with Crippen molar-refractivity contribution in [3.8, 4) is 0 Å². The summed E-state index contributed by atoms with van der Waals surface area (Å²) in [5.74, 6) is 0. The Labute approximate surface area is 136 Å². The zero-order valence-electron chi connectivity index (χ0n) is 13.2. The molecule has 11 heteroatoms. The van der Waals surface area contributed by atoms with Gasteiger partial charge in [0.25, 0.3) is 0 Å². The van der Waals surface area contributed by atoms with Gasteiger partial charge in [0.1, 0.15) is 4.90 Å². The van der Waals surface area contributed by atoms with Crippen molar-refractivity contribution < 1.29 is 26.7 Å². The normalized spacial score (nSPS) is 15.6. The second-order valence-corrected chi connectivity index (χ2v) is 7.09. The van der Waals surface area contributed by atoms with Crippen molar-refractivity contribution in [3.63, 3.8) is 0 Å². The van der Waals surface area contributed by atoms with Crippen LogP contribution in [0.5, 0.6) is 0 Å². The largest absolute Gasteiger partial charge is 0.415 e. The molecule has 134 valence electrons. The van der Waals surface area contributed by atoms with Crippen LogP contribution in [0, 0.1) is 6.92 Å². The van der Waals surface area contributed by atoms with Gasteiger partial charge in [-0.3, -0.25) is 4.68 Å². The quantitative estimate of drug-likeness (QED) is 0.830. The smallest absolute Gasteiger partial charge is 0.382 e. The number of aliphatic hydroxyl groups excluding tert-OH is 1. The molecule has 0 spiro atoms. The maximum atomic E-state index is 12.6. The van der Waals surface area contributed by atoms with Gasteiger partial charge < -0.3 is 5.11 Å². The molecule has 0 aliphatic heterocycles. The molecule has 0 radical (unpaired) electrons. The van der Waals surface area contributed by atoms with E-state index >= 15 is 0 Å². The van der Waals surface area contributed by atoms with Crippen LogP contribution in [-0.4, -0.2) is 46.6 Å². The number of nitrogens with zero attached hydrogens (tertiary/aromatic N) is 3. The van der Waals surface area contributed by atoms with E-state index < -0.39 is 28.3 Å². The van der Waals surface area contributed by atoms with Crippen molar-refractivity contribution in [3.05, 3.63) is 18.0 Å². The van der Waals surface area contributed by atoms with E-state index in [1.807, 2.05) is 4.72 Å². The van der Waals surface area contributed by atoms with Gasteiger partial charge >= 0.3 is 6.18 Å². The molecule has 0 amide bonds. The van der Waals surface area contributed by atoms with Crippen molar-refractivity contribution in [1.29, 1.82) is 0 Å². The molecule has 2 unspecified atom stereocenters. The van der Waals surface area contributed by atoms with Crippen LogP contribution < -0.4 is 4.72 Å². The molecule has 2 rings (SSSR count). The summed E-state index contributed by atoms with van der Waals surface area (Å²) in [4.78, 5) is 3.70. The number of hydrogen-bond acceptors (Lipinski definition) is 5. The SMILES string of the molecule is CCC(NS(=O)(=O)c1cnc2c(c1)c(C)nn2C)C(O)C(F)(F)F. The lowest BCUT2D eigenvalue weighted by Crippen LogP contribution is -2.49. The molecular weight excluding hydrogens is 349 g/mol. The van der Waals surface area contributed by atoms with E-state index in [1.54, 1.807) is 14.0 Å². The van der Waals surface area contributed by atoms with Gasteiger partial charge in [0.2, 0.25) is 10.0 Å². The Kier molecular flexibility index (Phi) is 4.88. The number of fused-ring (bicyclic) bond motifs is 1. The molecule has 0 saturated heterocycles. The van der Waals surface area contributed by atoms with E-state index in [0.29, 0.717) is 16.7 Å². The predicted molar refractivity (Wildman–Crippen MR) is 79.7 cm³/mol. The minimum Gasteiger partial charge on any atom is -0.382 e. The number of pyridine rings is 1. The maximum Gasteiger partial charge on any atom is 0.415 e. The van der Waals surface area contributed by atoms with Crippen molar-refractivity contribution in [1.82, 2.24) is 19.5 Å². The number of rotatable bonds is 5. The Morgan fingerprint density at radius 3 is 2.58 bits per heavy atom. The summed E-state index contributed by atoms with van der Waals surface area (Å²) >= 11 is 0. The van der Waals surface area contributed by atoms with E-state index in [1.165, 1.54) is 17.7 Å². The zero-order valence-corrected chi connectivity index (χ0v) is 14.0. The predicted octanol–water partition coefficient (Wildman–Crippen LogP) is 1.26. The molecule has 2 atom stereocenters. The van der Waals surface area contributed by atoms with Gasteiger partial charge in [-0.2, -0.15) is 18.3 Å². The Hall–Kier alpha value is -1.72. The molecule has 0 aliphatic carbocycles. The number of aryl methyl sites for hydroxylation is 2. The minimum atomic E-state index is -4.93. The Morgan fingerprint density at radius 1 is 1.42 bits per heavy atom. The summed E-state index contributed by atoms with van der Waals surface area (Å²) in [6.45, 7) is 3.00. The molecule has 0 saturated carbocycles. The highest BCUT2D eigenvalue weighted by Crippen LogP contribution is 2.25. The van der Waals surface area contributed by atoms with Crippen LogP contribution in [0.2, 0.25) is 0 Å². The van der Waals surface area contributed by atoms with E-state index in [4.69, 9.17) is 0 Å². The number of hydrogen-bond donors (Lipinski definition) is 2. The highest BCUT2D eigenvalue weighted by molar-refractivity contribution is 7.89. The van der Waals surface area contributed by atoms with Crippen LogP contribution in [0.3, 0.4) is 0 Å². The fraction of sp³-hybridized carbons (Fsp3) is 0.538. The molecule has 2 aromatic rings. The van der Waals surface area contributed by atoms with E-state index in [0.717, 1.165) is 6.20 Å². The monoisotopic (exact) mass is 366 g/mol. The standard InChI is InChI=1S/C13H17F3N4O3S/c1-4-10(11(21)13(14,15)16)19-24(22,23)8-5-9-7(2)18-20(3)12(9)17-6-8/h5-6,10-11,19,21H,4H2,1-3H3. The van der Waals surface area contributed by atoms with E-state index in [9.17, 15) is 26.7 Å². The van der Waals surface area contributed by atoms with E-state index in [2.05, 4.69) is 10.1 Å². The second kappa shape index (κ2) is 6.30. The topological polar surface area (TPSA) is 97.1 Å². The molecule has 0 aromatic carbocycles. The highest BCUT2D eigenvalue weighted by atomic mass is 32.2.